The first-order valence-electron chi connectivity index (χ1n) is 5.12. The molecule has 0 saturated heterocycles. The van der Waals surface area contributed by atoms with Crippen LogP contribution in [0.4, 0.5) is 0 Å². The normalized spacial score (nSPS) is 9.38. The predicted octanol–water partition coefficient (Wildman–Crippen LogP) is 3.69. The van der Waals surface area contributed by atoms with Crippen LogP contribution in [0, 0.1) is 6.92 Å². The van der Waals surface area contributed by atoms with Crippen molar-refractivity contribution in [3.05, 3.63) is 6.92 Å². The minimum absolute atomic E-state index is 0. The van der Waals surface area contributed by atoms with Crippen molar-refractivity contribution in [1.29, 1.82) is 0 Å². The predicted molar refractivity (Wildman–Crippen MR) is 58.0 cm³/mol. The van der Waals surface area contributed by atoms with Gasteiger partial charge in [-0.25, -0.2) is 0 Å². The van der Waals surface area contributed by atoms with Crippen LogP contribution < -0.4 is 6.15 Å². The molecule has 79 valence electrons. The van der Waals surface area contributed by atoms with Crippen LogP contribution in [0.2, 0.25) is 0 Å². The van der Waals surface area contributed by atoms with E-state index in [-0.39, 0.29) is 11.9 Å². The van der Waals surface area contributed by atoms with Crippen LogP contribution in [0.3, 0.4) is 0 Å². The summed E-state index contributed by atoms with van der Waals surface area (Å²) in [6, 6.07) is 0. The Morgan fingerprint density at radius 3 is 1.92 bits per heavy atom. The van der Waals surface area contributed by atoms with E-state index >= 15 is 0 Å². The molecule has 0 heterocycles. The zero-order chi connectivity index (χ0) is 9.23. The second-order valence-electron chi connectivity index (χ2n) is 3.41. The van der Waals surface area contributed by atoms with Crippen molar-refractivity contribution < 1.29 is 4.79 Å². The fraction of sp³-hybridized carbons (Fsp3) is 0.818. The van der Waals surface area contributed by atoms with Crippen molar-refractivity contribution in [3.63, 3.8) is 0 Å². The van der Waals surface area contributed by atoms with Gasteiger partial charge in [0.25, 0.3) is 0 Å². The second-order valence-corrected chi connectivity index (χ2v) is 3.41. The highest BCUT2D eigenvalue weighted by atomic mass is 16.1. The molecule has 0 unspecified atom stereocenters. The monoisotopic (exact) mass is 186 g/mol. The number of hydrogen-bond donors (Lipinski definition) is 1. The SMILES string of the molecule is N.[CH2]C(=O)CCCCCCCCC. The summed E-state index contributed by atoms with van der Waals surface area (Å²) in [5, 5.41) is 0. The van der Waals surface area contributed by atoms with Crippen LogP contribution in [0.25, 0.3) is 0 Å². The van der Waals surface area contributed by atoms with E-state index in [1.807, 2.05) is 0 Å². The third-order valence-electron chi connectivity index (χ3n) is 2.06. The molecule has 1 radical (unpaired) electrons. The summed E-state index contributed by atoms with van der Waals surface area (Å²) in [6.45, 7) is 5.57. The van der Waals surface area contributed by atoms with Crippen LogP contribution in [0.1, 0.15) is 58.3 Å². The Bertz CT molecular complexity index is 113. The number of unbranched alkanes of at least 4 members (excludes halogenated alkanes) is 6. The Labute approximate surface area is 82.7 Å². The van der Waals surface area contributed by atoms with Crippen molar-refractivity contribution in [2.75, 3.05) is 0 Å². The van der Waals surface area contributed by atoms with Crippen molar-refractivity contribution in [2.24, 2.45) is 0 Å². The number of hydrogen-bond acceptors (Lipinski definition) is 2. The number of ketones is 1. The topological polar surface area (TPSA) is 52.1 Å². The summed E-state index contributed by atoms with van der Waals surface area (Å²) >= 11 is 0. The molecule has 0 aromatic rings. The molecular weight excluding hydrogens is 162 g/mol. The molecule has 0 atom stereocenters. The van der Waals surface area contributed by atoms with Crippen LogP contribution in [0.5, 0.6) is 0 Å². The van der Waals surface area contributed by atoms with Gasteiger partial charge in [0.05, 0.1) is 0 Å². The van der Waals surface area contributed by atoms with E-state index in [9.17, 15) is 4.79 Å². The number of carbonyl (C=O) groups excluding carboxylic acids is 1. The molecule has 0 saturated carbocycles. The van der Waals surface area contributed by atoms with E-state index in [4.69, 9.17) is 0 Å². The largest absolute Gasteiger partial charge is 0.344 e. The minimum atomic E-state index is 0. The quantitative estimate of drug-likeness (QED) is 0.588. The van der Waals surface area contributed by atoms with Gasteiger partial charge in [-0.15, -0.1) is 0 Å². The van der Waals surface area contributed by atoms with Crippen LogP contribution in [-0.2, 0) is 4.79 Å². The highest BCUT2D eigenvalue weighted by Crippen LogP contribution is 2.08. The van der Waals surface area contributed by atoms with Gasteiger partial charge in [0.1, 0.15) is 5.78 Å². The van der Waals surface area contributed by atoms with E-state index in [1.165, 1.54) is 38.5 Å². The molecule has 13 heavy (non-hydrogen) atoms. The molecule has 0 amide bonds. The van der Waals surface area contributed by atoms with E-state index < -0.39 is 0 Å². The first-order valence-corrected chi connectivity index (χ1v) is 5.12. The fourth-order valence-electron chi connectivity index (χ4n) is 1.28. The maximum Gasteiger partial charge on any atom is 0.133 e. The van der Waals surface area contributed by atoms with Crippen LogP contribution >= 0.6 is 0 Å². The lowest BCUT2D eigenvalue weighted by molar-refractivity contribution is -0.114. The van der Waals surface area contributed by atoms with Gasteiger partial charge in [-0.2, -0.15) is 0 Å². The van der Waals surface area contributed by atoms with Gasteiger partial charge in [-0.05, 0) is 6.42 Å². The molecule has 0 bridgehead atoms. The first kappa shape index (κ1) is 15.1. The molecule has 2 nitrogen and oxygen atoms in total. The van der Waals surface area contributed by atoms with E-state index in [0.717, 1.165) is 6.42 Å². The number of rotatable bonds is 8. The second kappa shape index (κ2) is 11.6. The van der Waals surface area contributed by atoms with Crippen molar-refractivity contribution in [3.8, 4) is 0 Å². The molecule has 0 aliphatic carbocycles. The molecule has 0 aliphatic heterocycles. The fourth-order valence-corrected chi connectivity index (χ4v) is 1.28. The van der Waals surface area contributed by atoms with E-state index in [1.54, 1.807) is 0 Å². The zero-order valence-electron chi connectivity index (χ0n) is 8.98. The van der Waals surface area contributed by atoms with Gasteiger partial charge >= 0.3 is 0 Å². The van der Waals surface area contributed by atoms with Gasteiger partial charge in [0, 0.05) is 13.3 Å². The third-order valence-corrected chi connectivity index (χ3v) is 2.06. The Morgan fingerprint density at radius 1 is 1.00 bits per heavy atom. The molecular formula is C11H24NO. The molecule has 0 spiro atoms. The van der Waals surface area contributed by atoms with Gasteiger partial charge in [0.15, 0.2) is 0 Å². The third kappa shape index (κ3) is 14.5. The number of carbonyl (C=O) groups is 1. The lowest BCUT2D eigenvalue weighted by atomic mass is 10.1. The van der Waals surface area contributed by atoms with Gasteiger partial charge in [0.2, 0.25) is 0 Å². The summed E-state index contributed by atoms with van der Waals surface area (Å²) in [4.78, 5) is 10.5. The maximum atomic E-state index is 10.5. The molecule has 0 aliphatic rings. The Kier molecular flexibility index (Phi) is 13.5. The highest BCUT2D eigenvalue weighted by molar-refractivity contribution is 5.82. The Balaban J connectivity index is 0. The Morgan fingerprint density at radius 2 is 1.46 bits per heavy atom. The molecule has 0 aromatic carbocycles. The van der Waals surface area contributed by atoms with Crippen LogP contribution in [-0.4, -0.2) is 5.78 Å². The Hall–Kier alpha value is -0.370. The lowest BCUT2D eigenvalue weighted by Crippen LogP contribution is -1.89. The zero-order valence-corrected chi connectivity index (χ0v) is 8.98. The van der Waals surface area contributed by atoms with Crippen molar-refractivity contribution in [2.45, 2.75) is 58.3 Å². The van der Waals surface area contributed by atoms with Gasteiger partial charge < -0.3 is 6.15 Å². The highest BCUT2D eigenvalue weighted by Gasteiger charge is 1.93. The lowest BCUT2D eigenvalue weighted by Gasteiger charge is -1.98. The summed E-state index contributed by atoms with van der Waals surface area (Å²) in [6.07, 6.45) is 9.54. The van der Waals surface area contributed by atoms with E-state index in [0.29, 0.717) is 6.42 Å². The van der Waals surface area contributed by atoms with Crippen molar-refractivity contribution >= 4 is 5.78 Å². The molecule has 0 fully saturated rings. The van der Waals surface area contributed by atoms with Crippen molar-refractivity contribution in [1.82, 2.24) is 6.15 Å². The average molecular weight is 186 g/mol. The van der Waals surface area contributed by atoms with Crippen LogP contribution in [0.15, 0.2) is 0 Å². The summed E-state index contributed by atoms with van der Waals surface area (Å²) in [7, 11) is 0. The smallest absolute Gasteiger partial charge is 0.133 e. The van der Waals surface area contributed by atoms with Gasteiger partial charge in [-0.3, -0.25) is 4.79 Å². The minimum Gasteiger partial charge on any atom is -0.344 e. The summed E-state index contributed by atoms with van der Waals surface area (Å²) < 4.78 is 0. The maximum absolute atomic E-state index is 10.5. The standard InChI is InChI=1S/C11H21O.H3N/c1-3-4-5-6-7-8-9-10-11(2)12;/h2-10H2,1H3;1H3. The number of Topliss-reactive ketones (excluding diaryl/α,β-unsaturated/α-hetero) is 1. The average Bonchev–Trinajstić information content (AvgIpc) is 2.02. The van der Waals surface area contributed by atoms with E-state index in [2.05, 4.69) is 13.8 Å². The molecule has 0 rings (SSSR count). The summed E-state index contributed by atoms with van der Waals surface area (Å²) in [5.74, 6) is 0.0866. The molecule has 3 N–H and O–H groups in total. The molecule has 0 aromatic heterocycles. The van der Waals surface area contributed by atoms with Gasteiger partial charge in [-0.1, -0.05) is 45.4 Å². The summed E-state index contributed by atoms with van der Waals surface area (Å²) in [5.41, 5.74) is 0. The molecule has 2 heteroatoms. The first-order chi connectivity index (χ1) is 5.77.